The summed E-state index contributed by atoms with van der Waals surface area (Å²) in [6, 6.07) is -0.171. The Hall–Kier alpha value is -1.26. The normalized spacial score (nSPS) is 11.8. The van der Waals surface area contributed by atoms with Crippen LogP contribution >= 0.6 is 0 Å². The van der Waals surface area contributed by atoms with E-state index in [2.05, 4.69) is 10.1 Å². The third-order valence-corrected chi connectivity index (χ3v) is 1.43. The molecule has 0 heterocycles. The minimum atomic E-state index is -0.863. The second kappa shape index (κ2) is 6.28. The lowest BCUT2D eigenvalue weighted by Gasteiger charge is -2.11. The van der Waals surface area contributed by atoms with Gasteiger partial charge in [0.1, 0.15) is 0 Å². The summed E-state index contributed by atoms with van der Waals surface area (Å²) in [6.45, 7) is 3.76. The monoisotopic (exact) mass is 189 g/mol. The fourth-order valence-corrected chi connectivity index (χ4v) is 0.786. The summed E-state index contributed by atoms with van der Waals surface area (Å²) in [5, 5.41) is 10.9. The van der Waals surface area contributed by atoms with Crippen molar-refractivity contribution in [2.24, 2.45) is 0 Å². The summed E-state index contributed by atoms with van der Waals surface area (Å²) >= 11 is 0. The van der Waals surface area contributed by atoms with E-state index in [0.717, 1.165) is 0 Å². The van der Waals surface area contributed by atoms with Crippen LogP contribution in [-0.2, 0) is 9.53 Å². The van der Waals surface area contributed by atoms with Crippen molar-refractivity contribution in [1.29, 1.82) is 0 Å². The molecule has 5 nitrogen and oxygen atoms in total. The van der Waals surface area contributed by atoms with Crippen LogP contribution in [0.2, 0.25) is 0 Å². The lowest BCUT2D eigenvalue weighted by Crippen LogP contribution is -2.33. The van der Waals surface area contributed by atoms with Gasteiger partial charge in [-0.2, -0.15) is 0 Å². The Balaban J connectivity index is 3.55. The molecule has 1 amide bonds. The predicted molar refractivity (Wildman–Crippen MR) is 46.5 cm³/mol. The van der Waals surface area contributed by atoms with E-state index in [0.29, 0.717) is 13.0 Å². The number of carboxylic acid groups (broad SMARTS) is 1. The molecule has 0 fully saturated rings. The first-order chi connectivity index (χ1) is 6.06. The van der Waals surface area contributed by atoms with Gasteiger partial charge in [0, 0.05) is 12.5 Å². The third kappa shape index (κ3) is 7.11. The minimum absolute atomic E-state index is 0.0492. The molecule has 0 aliphatic rings. The van der Waals surface area contributed by atoms with Crippen LogP contribution in [0.4, 0.5) is 4.79 Å². The number of nitrogens with one attached hydrogen (secondary N) is 1. The quantitative estimate of drug-likeness (QED) is 0.676. The van der Waals surface area contributed by atoms with Crippen LogP contribution < -0.4 is 5.32 Å². The highest BCUT2D eigenvalue weighted by atomic mass is 16.5. The standard InChI is InChI=1S/C8H15NO4/c1-3-13-8(12)9-6(2)4-5-7(10)11/h6H,3-5H2,1-2H3,(H,9,12)(H,10,11). The van der Waals surface area contributed by atoms with E-state index >= 15 is 0 Å². The van der Waals surface area contributed by atoms with E-state index in [-0.39, 0.29) is 12.5 Å². The molecule has 2 N–H and O–H groups in total. The zero-order valence-electron chi connectivity index (χ0n) is 7.87. The maximum absolute atomic E-state index is 10.8. The third-order valence-electron chi connectivity index (χ3n) is 1.43. The summed E-state index contributed by atoms with van der Waals surface area (Å²) in [6.07, 6.45) is -0.0396. The van der Waals surface area contributed by atoms with E-state index in [4.69, 9.17) is 5.11 Å². The highest BCUT2D eigenvalue weighted by Crippen LogP contribution is 1.96. The van der Waals surface area contributed by atoms with Crippen molar-refractivity contribution in [3.05, 3.63) is 0 Å². The van der Waals surface area contributed by atoms with E-state index in [9.17, 15) is 9.59 Å². The molecule has 0 radical (unpaired) electrons. The number of carbonyl (C=O) groups excluding carboxylic acids is 1. The molecule has 5 heteroatoms. The van der Waals surface area contributed by atoms with E-state index < -0.39 is 12.1 Å². The van der Waals surface area contributed by atoms with Crippen molar-refractivity contribution >= 4 is 12.1 Å². The molecular weight excluding hydrogens is 174 g/mol. The highest BCUT2D eigenvalue weighted by Gasteiger charge is 2.08. The van der Waals surface area contributed by atoms with Crippen molar-refractivity contribution in [3.8, 4) is 0 Å². The van der Waals surface area contributed by atoms with Gasteiger partial charge in [0.15, 0.2) is 0 Å². The minimum Gasteiger partial charge on any atom is -0.481 e. The van der Waals surface area contributed by atoms with Gasteiger partial charge in [-0.05, 0) is 20.3 Å². The molecule has 0 bridgehead atoms. The molecule has 0 spiro atoms. The number of carboxylic acids is 1. The molecule has 0 aromatic carbocycles. The molecule has 0 saturated heterocycles. The summed E-state index contributed by atoms with van der Waals surface area (Å²) < 4.78 is 4.62. The van der Waals surface area contributed by atoms with Gasteiger partial charge in [-0.1, -0.05) is 0 Å². The number of ether oxygens (including phenoxy) is 1. The molecule has 0 aromatic heterocycles. The Bertz CT molecular complexity index is 181. The Kier molecular flexibility index (Phi) is 5.67. The number of amides is 1. The van der Waals surface area contributed by atoms with Crippen molar-refractivity contribution in [3.63, 3.8) is 0 Å². The average Bonchev–Trinajstić information content (AvgIpc) is 2.01. The van der Waals surface area contributed by atoms with Gasteiger partial charge in [0.05, 0.1) is 6.61 Å². The smallest absolute Gasteiger partial charge is 0.407 e. The summed E-state index contributed by atoms with van der Waals surface area (Å²) in [5.41, 5.74) is 0. The number of rotatable bonds is 5. The predicted octanol–water partition coefficient (Wildman–Crippen LogP) is 0.986. The highest BCUT2D eigenvalue weighted by molar-refractivity contribution is 5.68. The maximum atomic E-state index is 10.8. The molecule has 1 unspecified atom stereocenters. The Morgan fingerprint density at radius 3 is 2.62 bits per heavy atom. The lowest BCUT2D eigenvalue weighted by atomic mass is 10.2. The fourth-order valence-electron chi connectivity index (χ4n) is 0.786. The van der Waals surface area contributed by atoms with Crippen LogP contribution in [0.3, 0.4) is 0 Å². The van der Waals surface area contributed by atoms with Gasteiger partial charge >= 0.3 is 12.1 Å². The summed E-state index contributed by atoms with van der Waals surface area (Å²) in [4.78, 5) is 21.0. The number of aliphatic carboxylic acids is 1. The molecule has 1 atom stereocenters. The van der Waals surface area contributed by atoms with Crippen molar-refractivity contribution in [1.82, 2.24) is 5.32 Å². The Labute approximate surface area is 77.1 Å². The van der Waals surface area contributed by atoms with Crippen molar-refractivity contribution in [2.75, 3.05) is 6.61 Å². The van der Waals surface area contributed by atoms with Crippen molar-refractivity contribution < 1.29 is 19.4 Å². The van der Waals surface area contributed by atoms with E-state index in [1.807, 2.05) is 0 Å². The first-order valence-electron chi connectivity index (χ1n) is 4.21. The first kappa shape index (κ1) is 11.7. The number of carbonyl (C=O) groups is 2. The zero-order valence-corrected chi connectivity index (χ0v) is 7.87. The Morgan fingerprint density at radius 1 is 1.54 bits per heavy atom. The van der Waals surface area contributed by atoms with Crippen molar-refractivity contribution in [2.45, 2.75) is 32.7 Å². The van der Waals surface area contributed by atoms with E-state index in [1.54, 1.807) is 13.8 Å². The summed E-state index contributed by atoms with van der Waals surface area (Å²) in [7, 11) is 0. The molecule has 0 aromatic rings. The molecule has 0 rings (SSSR count). The lowest BCUT2D eigenvalue weighted by molar-refractivity contribution is -0.137. The van der Waals surface area contributed by atoms with Crippen LogP contribution in [0.25, 0.3) is 0 Å². The second-order valence-electron chi connectivity index (χ2n) is 2.70. The number of hydrogen-bond donors (Lipinski definition) is 2. The summed E-state index contributed by atoms with van der Waals surface area (Å²) in [5.74, 6) is -0.863. The average molecular weight is 189 g/mol. The first-order valence-corrected chi connectivity index (χ1v) is 4.21. The van der Waals surface area contributed by atoms with E-state index in [1.165, 1.54) is 0 Å². The van der Waals surface area contributed by atoms with Gasteiger partial charge in [-0.25, -0.2) is 4.79 Å². The van der Waals surface area contributed by atoms with Gasteiger partial charge < -0.3 is 15.2 Å². The molecule has 0 aliphatic heterocycles. The maximum Gasteiger partial charge on any atom is 0.407 e. The van der Waals surface area contributed by atoms with Gasteiger partial charge in [-0.15, -0.1) is 0 Å². The van der Waals surface area contributed by atoms with Crippen LogP contribution in [0, 0.1) is 0 Å². The van der Waals surface area contributed by atoms with Gasteiger partial charge in [0.25, 0.3) is 0 Å². The number of alkyl carbamates (subject to hydrolysis) is 1. The van der Waals surface area contributed by atoms with Crippen LogP contribution in [0.5, 0.6) is 0 Å². The largest absolute Gasteiger partial charge is 0.481 e. The van der Waals surface area contributed by atoms with Crippen LogP contribution in [-0.4, -0.2) is 29.8 Å². The molecule has 13 heavy (non-hydrogen) atoms. The molecular formula is C8H15NO4. The SMILES string of the molecule is CCOC(=O)NC(C)CCC(=O)O. The Morgan fingerprint density at radius 2 is 2.15 bits per heavy atom. The molecule has 0 aliphatic carbocycles. The second-order valence-corrected chi connectivity index (χ2v) is 2.70. The van der Waals surface area contributed by atoms with Gasteiger partial charge in [-0.3, -0.25) is 4.79 Å². The topological polar surface area (TPSA) is 75.6 Å². The fraction of sp³-hybridized carbons (Fsp3) is 0.750. The van der Waals surface area contributed by atoms with Gasteiger partial charge in [0.2, 0.25) is 0 Å². The molecule has 76 valence electrons. The molecule has 0 saturated carbocycles. The zero-order chi connectivity index (χ0) is 10.3. The van der Waals surface area contributed by atoms with Crippen LogP contribution in [0.1, 0.15) is 26.7 Å². The van der Waals surface area contributed by atoms with Crippen LogP contribution in [0.15, 0.2) is 0 Å². The number of hydrogen-bond acceptors (Lipinski definition) is 3.